The normalized spacial score (nSPS) is 12.9. The van der Waals surface area contributed by atoms with Crippen LogP contribution in [0.3, 0.4) is 0 Å². The van der Waals surface area contributed by atoms with E-state index < -0.39 is 0 Å². The van der Waals surface area contributed by atoms with Crippen LogP contribution in [0.2, 0.25) is 0 Å². The minimum atomic E-state index is 1.05. The molecule has 0 saturated carbocycles. The molecule has 21 heavy (non-hydrogen) atoms. The van der Waals surface area contributed by atoms with Crippen molar-refractivity contribution in [2.45, 2.75) is 33.4 Å². The van der Waals surface area contributed by atoms with Crippen molar-refractivity contribution < 1.29 is 0 Å². The highest BCUT2D eigenvalue weighted by Gasteiger charge is 2.06. The monoisotopic (exact) mass is 278 g/mol. The number of rotatable bonds is 1. The van der Waals surface area contributed by atoms with Gasteiger partial charge in [0.2, 0.25) is 0 Å². The minimum absolute atomic E-state index is 1.05. The average molecular weight is 278 g/mol. The Hall–Kier alpha value is -2.06. The van der Waals surface area contributed by atoms with E-state index in [-0.39, 0.29) is 0 Å². The van der Waals surface area contributed by atoms with Gasteiger partial charge in [-0.3, -0.25) is 0 Å². The fourth-order valence-corrected chi connectivity index (χ4v) is 2.82. The Morgan fingerprint density at radius 3 is 2.38 bits per heavy atom. The third-order valence-electron chi connectivity index (χ3n) is 4.05. The second-order valence-corrected chi connectivity index (χ2v) is 5.59. The molecule has 1 aliphatic heterocycles. The summed E-state index contributed by atoms with van der Waals surface area (Å²) in [6.07, 6.45) is 3.20. The summed E-state index contributed by atoms with van der Waals surface area (Å²) < 4.78 is 0. The molecule has 0 radical (unpaired) electrons. The highest BCUT2D eigenvalue weighted by molar-refractivity contribution is 5.83. The van der Waals surface area contributed by atoms with Gasteiger partial charge in [-0.25, -0.2) is 0 Å². The van der Waals surface area contributed by atoms with Crippen LogP contribution in [-0.2, 0) is 19.5 Å². The van der Waals surface area contributed by atoms with Crippen LogP contribution >= 0.6 is 0 Å². The second-order valence-electron chi connectivity index (χ2n) is 5.59. The molecule has 0 unspecified atom stereocenters. The number of H-pyrrole nitrogens is 1. The number of hydrogen-bond acceptors (Lipinski definition) is 1. The van der Waals surface area contributed by atoms with Crippen molar-refractivity contribution in [2.24, 2.45) is 0 Å². The first-order valence-corrected chi connectivity index (χ1v) is 7.62. The molecule has 0 fully saturated rings. The third-order valence-corrected chi connectivity index (χ3v) is 4.05. The van der Waals surface area contributed by atoms with Gasteiger partial charge in [0.25, 0.3) is 0 Å². The Labute approximate surface area is 126 Å². The quantitative estimate of drug-likeness (QED) is 0.681. The number of aromatic nitrogens is 1. The Kier molecular flexibility index (Phi) is 4.07. The van der Waals surface area contributed by atoms with E-state index in [2.05, 4.69) is 72.8 Å². The maximum Gasteiger partial charge on any atom is 0.0456 e. The fourth-order valence-electron chi connectivity index (χ4n) is 2.82. The third kappa shape index (κ3) is 3.01. The summed E-state index contributed by atoms with van der Waals surface area (Å²) in [5, 5.41) is 4.66. The molecule has 4 rings (SSSR count). The van der Waals surface area contributed by atoms with E-state index >= 15 is 0 Å². The maximum atomic E-state index is 3.29. The van der Waals surface area contributed by atoms with Crippen molar-refractivity contribution in [2.75, 3.05) is 0 Å². The van der Waals surface area contributed by atoms with Gasteiger partial charge < -0.3 is 10.3 Å². The topological polar surface area (TPSA) is 27.8 Å². The van der Waals surface area contributed by atoms with E-state index in [0.717, 1.165) is 19.5 Å². The van der Waals surface area contributed by atoms with Gasteiger partial charge in [0, 0.05) is 30.2 Å². The van der Waals surface area contributed by atoms with Crippen molar-refractivity contribution in [3.8, 4) is 0 Å². The first-order valence-electron chi connectivity index (χ1n) is 7.62. The SMILES string of the molecule is CCc1c[nH]c2ccc(C)cc12.c1ccc2c(c1)CNC2. The van der Waals surface area contributed by atoms with Crippen LogP contribution in [0.1, 0.15) is 29.2 Å². The molecule has 2 aromatic carbocycles. The van der Waals surface area contributed by atoms with Crippen LogP contribution in [-0.4, -0.2) is 4.98 Å². The van der Waals surface area contributed by atoms with Crippen LogP contribution in [0.4, 0.5) is 0 Å². The lowest BCUT2D eigenvalue weighted by molar-refractivity contribution is 0.765. The van der Waals surface area contributed by atoms with Crippen molar-refractivity contribution in [1.82, 2.24) is 10.3 Å². The Balaban J connectivity index is 0.000000131. The molecule has 0 spiro atoms. The van der Waals surface area contributed by atoms with Crippen LogP contribution < -0.4 is 5.32 Å². The molecule has 0 aliphatic carbocycles. The molecule has 0 saturated heterocycles. The molecular weight excluding hydrogens is 256 g/mol. The Morgan fingerprint density at radius 1 is 1.00 bits per heavy atom. The number of benzene rings is 2. The van der Waals surface area contributed by atoms with Crippen molar-refractivity contribution in [3.63, 3.8) is 0 Å². The maximum absolute atomic E-state index is 3.29. The second kappa shape index (κ2) is 6.15. The smallest absolute Gasteiger partial charge is 0.0456 e. The predicted octanol–water partition coefficient (Wildman–Crippen LogP) is 4.33. The molecular formula is C19H22N2. The summed E-state index contributed by atoms with van der Waals surface area (Å²) in [5.41, 5.74) is 6.90. The molecule has 108 valence electrons. The molecule has 0 bridgehead atoms. The summed E-state index contributed by atoms with van der Waals surface area (Å²) in [5.74, 6) is 0. The standard InChI is InChI=1S/C11H13N.C8H9N/c1-3-9-7-12-11-5-4-8(2)6-10(9)11;1-2-4-8-6-9-5-7(8)3-1/h4-7,12H,3H2,1-2H3;1-4,9H,5-6H2. The van der Waals surface area contributed by atoms with Crippen LogP contribution in [0, 0.1) is 6.92 Å². The van der Waals surface area contributed by atoms with Crippen molar-refractivity contribution >= 4 is 10.9 Å². The van der Waals surface area contributed by atoms with Gasteiger partial charge in [0.1, 0.15) is 0 Å². The lowest BCUT2D eigenvalue weighted by Crippen LogP contribution is -1.99. The van der Waals surface area contributed by atoms with E-state index in [0.29, 0.717) is 0 Å². The van der Waals surface area contributed by atoms with Crippen LogP contribution in [0.5, 0.6) is 0 Å². The lowest BCUT2D eigenvalue weighted by atomic mass is 10.1. The summed E-state index contributed by atoms with van der Waals surface area (Å²) in [6.45, 7) is 6.42. The molecule has 3 aromatic rings. The average Bonchev–Trinajstić information content (AvgIpc) is 3.13. The number of fused-ring (bicyclic) bond motifs is 2. The number of aromatic amines is 1. The number of nitrogens with one attached hydrogen (secondary N) is 2. The largest absolute Gasteiger partial charge is 0.361 e. The predicted molar refractivity (Wildman–Crippen MR) is 89.4 cm³/mol. The highest BCUT2D eigenvalue weighted by atomic mass is 14.9. The molecule has 1 aliphatic rings. The summed E-state index contributed by atoms with van der Waals surface area (Å²) >= 11 is 0. The number of hydrogen-bond donors (Lipinski definition) is 2. The summed E-state index contributed by atoms with van der Waals surface area (Å²) in [6, 6.07) is 15.1. The van der Waals surface area contributed by atoms with E-state index in [4.69, 9.17) is 0 Å². The lowest BCUT2D eigenvalue weighted by Gasteiger charge is -1.95. The van der Waals surface area contributed by atoms with E-state index in [1.807, 2.05) is 0 Å². The molecule has 2 heteroatoms. The zero-order valence-corrected chi connectivity index (χ0v) is 12.7. The molecule has 2 heterocycles. The molecule has 0 amide bonds. The van der Waals surface area contributed by atoms with Crippen molar-refractivity contribution in [3.05, 3.63) is 70.9 Å². The molecule has 0 atom stereocenters. The van der Waals surface area contributed by atoms with Gasteiger partial charge >= 0.3 is 0 Å². The first kappa shape index (κ1) is 13.9. The molecule has 2 N–H and O–H groups in total. The van der Waals surface area contributed by atoms with Gasteiger partial charge in [-0.05, 0) is 42.2 Å². The summed E-state index contributed by atoms with van der Waals surface area (Å²) in [7, 11) is 0. The number of aryl methyl sites for hydroxylation is 2. The zero-order chi connectivity index (χ0) is 14.7. The van der Waals surface area contributed by atoms with E-state index in [1.165, 1.54) is 33.2 Å². The van der Waals surface area contributed by atoms with E-state index in [9.17, 15) is 0 Å². The van der Waals surface area contributed by atoms with Crippen LogP contribution in [0.15, 0.2) is 48.7 Å². The van der Waals surface area contributed by atoms with E-state index in [1.54, 1.807) is 0 Å². The minimum Gasteiger partial charge on any atom is -0.361 e. The zero-order valence-electron chi connectivity index (χ0n) is 12.7. The van der Waals surface area contributed by atoms with Crippen LogP contribution in [0.25, 0.3) is 10.9 Å². The molecule has 1 aromatic heterocycles. The Morgan fingerprint density at radius 2 is 1.71 bits per heavy atom. The summed E-state index contributed by atoms with van der Waals surface area (Å²) in [4.78, 5) is 3.27. The Bertz CT molecular complexity index is 717. The fraction of sp³-hybridized carbons (Fsp3) is 0.263. The first-order chi connectivity index (χ1) is 10.3. The van der Waals surface area contributed by atoms with Crippen molar-refractivity contribution in [1.29, 1.82) is 0 Å². The van der Waals surface area contributed by atoms with Gasteiger partial charge in [0.05, 0.1) is 0 Å². The molecule has 2 nitrogen and oxygen atoms in total. The van der Waals surface area contributed by atoms with Gasteiger partial charge in [-0.1, -0.05) is 42.8 Å². The van der Waals surface area contributed by atoms with Gasteiger partial charge in [-0.2, -0.15) is 0 Å². The van der Waals surface area contributed by atoms with Gasteiger partial charge in [0.15, 0.2) is 0 Å². The highest BCUT2D eigenvalue weighted by Crippen LogP contribution is 2.19. The van der Waals surface area contributed by atoms with Gasteiger partial charge in [-0.15, -0.1) is 0 Å².